The molecule has 1 aromatic heterocycles. The van der Waals surface area contributed by atoms with E-state index >= 15 is 0 Å². The van der Waals surface area contributed by atoms with Gasteiger partial charge in [-0.25, -0.2) is 4.98 Å². The topological polar surface area (TPSA) is 36.4 Å². The van der Waals surface area contributed by atoms with Crippen LogP contribution >= 0.6 is 11.3 Å². The second-order valence-electron chi connectivity index (χ2n) is 6.28. The maximum Gasteiger partial charge on any atom is 0.0959 e. The van der Waals surface area contributed by atoms with Crippen LogP contribution in [0.5, 0.6) is 0 Å². The van der Waals surface area contributed by atoms with Gasteiger partial charge in [-0.1, -0.05) is 19.3 Å². The van der Waals surface area contributed by atoms with Crippen molar-refractivity contribution in [2.75, 3.05) is 13.2 Å². The molecule has 1 atom stereocenters. The van der Waals surface area contributed by atoms with E-state index in [1.54, 1.807) is 0 Å². The second-order valence-corrected chi connectivity index (χ2v) is 7.43. The first-order valence-corrected chi connectivity index (χ1v) is 8.98. The van der Waals surface area contributed by atoms with Gasteiger partial charge in [0.2, 0.25) is 0 Å². The number of piperidine rings is 1. The van der Waals surface area contributed by atoms with Crippen molar-refractivity contribution in [3.05, 3.63) is 16.1 Å². The van der Waals surface area contributed by atoms with Crippen LogP contribution in [0.4, 0.5) is 0 Å². The normalized spacial score (nSPS) is 25.4. The highest BCUT2D eigenvalue weighted by molar-refractivity contribution is 7.11. The van der Waals surface area contributed by atoms with Gasteiger partial charge in [0.15, 0.2) is 0 Å². The van der Waals surface area contributed by atoms with Gasteiger partial charge in [-0.3, -0.25) is 4.90 Å². The fourth-order valence-electron chi connectivity index (χ4n) is 3.70. The Balaban J connectivity index is 1.61. The monoisotopic (exact) mass is 294 g/mol. The van der Waals surface area contributed by atoms with Gasteiger partial charge in [-0.2, -0.15) is 0 Å². The zero-order valence-electron chi connectivity index (χ0n) is 12.3. The average molecular weight is 294 g/mol. The van der Waals surface area contributed by atoms with Crippen molar-refractivity contribution in [3.8, 4) is 0 Å². The molecule has 2 aliphatic rings. The summed E-state index contributed by atoms with van der Waals surface area (Å²) in [5, 5.41) is 10.6. The van der Waals surface area contributed by atoms with E-state index in [1.807, 2.05) is 11.3 Å². The molecule has 1 aliphatic carbocycles. The van der Waals surface area contributed by atoms with Crippen molar-refractivity contribution in [2.45, 2.75) is 69.9 Å². The minimum absolute atomic E-state index is 0.317. The molecule has 1 unspecified atom stereocenters. The Kier molecular flexibility index (Phi) is 5.08. The summed E-state index contributed by atoms with van der Waals surface area (Å²) in [7, 11) is 0. The summed E-state index contributed by atoms with van der Waals surface area (Å²) in [6.45, 7) is 2.54. The smallest absolute Gasteiger partial charge is 0.0959 e. The van der Waals surface area contributed by atoms with Crippen LogP contribution < -0.4 is 0 Å². The molecule has 1 aromatic rings. The van der Waals surface area contributed by atoms with Gasteiger partial charge < -0.3 is 5.11 Å². The summed E-state index contributed by atoms with van der Waals surface area (Å²) < 4.78 is 0. The first kappa shape index (κ1) is 14.5. The number of thiazole rings is 1. The number of nitrogens with zero attached hydrogens (tertiary/aromatic N) is 2. The molecule has 0 radical (unpaired) electrons. The van der Waals surface area contributed by atoms with Gasteiger partial charge in [0, 0.05) is 36.2 Å². The van der Waals surface area contributed by atoms with Crippen molar-refractivity contribution < 1.29 is 5.11 Å². The first-order valence-electron chi connectivity index (χ1n) is 8.16. The molecule has 1 aliphatic heterocycles. The van der Waals surface area contributed by atoms with Crippen molar-refractivity contribution in [2.24, 2.45) is 0 Å². The fraction of sp³-hybridized carbons (Fsp3) is 0.812. The highest BCUT2D eigenvalue weighted by Gasteiger charge is 2.24. The van der Waals surface area contributed by atoms with Gasteiger partial charge >= 0.3 is 0 Å². The molecule has 112 valence electrons. The Morgan fingerprint density at radius 1 is 1.20 bits per heavy atom. The van der Waals surface area contributed by atoms with E-state index in [1.165, 1.54) is 61.4 Å². The third-order valence-electron chi connectivity index (χ3n) is 4.85. The quantitative estimate of drug-likeness (QED) is 0.902. The summed E-state index contributed by atoms with van der Waals surface area (Å²) in [5.74, 6) is 0.739. The SMILES string of the molecule is OCCC1CCCCN1Cc1cnc(C2CCCC2)s1. The Bertz CT molecular complexity index is 412. The third-order valence-corrected chi connectivity index (χ3v) is 5.99. The standard InChI is InChI=1S/C16H26N2OS/c19-10-8-14-7-3-4-9-18(14)12-15-11-17-16(20-15)13-5-1-2-6-13/h11,13-14,19H,1-10,12H2. The van der Waals surface area contributed by atoms with E-state index in [2.05, 4.69) is 16.1 Å². The molecule has 2 heterocycles. The van der Waals surface area contributed by atoms with Crippen LogP contribution in [0.3, 0.4) is 0 Å². The zero-order valence-corrected chi connectivity index (χ0v) is 13.1. The molecule has 1 saturated carbocycles. The van der Waals surface area contributed by atoms with Crippen molar-refractivity contribution in [3.63, 3.8) is 0 Å². The third kappa shape index (κ3) is 3.41. The number of aliphatic hydroxyl groups is 1. The van der Waals surface area contributed by atoms with Gasteiger partial charge in [0.05, 0.1) is 5.01 Å². The predicted octanol–water partition coefficient (Wildman–Crippen LogP) is 3.54. The number of aromatic nitrogens is 1. The molecular weight excluding hydrogens is 268 g/mol. The lowest BCUT2D eigenvalue weighted by molar-refractivity contribution is 0.113. The Hall–Kier alpha value is -0.450. The van der Waals surface area contributed by atoms with Crippen LogP contribution in [0.1, 0.15) is 67.2 Å². The lowest BCUT2D eigenvalue weighted by atomic mass is 10.00. The number of hydrogen-bond acceptors (Lipinski definition) is 4. The van der Waals surface area contributed by atoms with Crippen LogP contribution in [0.25, 0.3) is 0 Å². The second kappa shape index (κ2) is 7.01. The first-order chi connectivity index (χ1) is 9.86. The summed E-state index contributed by atoms with van der Waals surface area (Å²) in [6.07, 6.45) is 12.3. The van der Waals surface area contributed by atoms with Crippen molar-refractivity contribution in [1.29, 1.82) is 0 Å². The van der Waals surface area contributed by atoms with Gasteiger partial charge in [-0.15, -0.1) is 11.3 Å². The van der Waals surface area contributed by atoms with Crippen LogP contribution in [0, 0.1) is 0 Å². The fourth-order valence-corrected chi connectivity index (χ4v) is 4.81. The van der Waals surface area contributed by atoms with Crippen LogP contribution in [-0.2, 0) is 6.54 Å². The van der Waals surface area contributed by atoms with E-state index in [0.29, 0.717) is 12.6 Å². The molecule has 0 aromatic carbocycles. The number of likely N-dealkylation sites (tertiary alicyclic amines) is 1. The Labute approximate surface area is 126 Å². The maximum absolute atomic E-state index is 9.21. The Morgan fingerprint density at radius 2 is 2.00 bits per heavy atom. The molecule has 3 nitrogen and oxygen atoms in total. The molecule has 3 rings (SSSR count). The molecule has 4 heteroatoms. The lowest BCUT2D eigenvalue weighted by Crippen LogP contribution is -2.39. The molecule has 1 N–H and O–H groups in total. The van der Waals surface area contributed by atoms with Gasteiger partial charge in [-0.05, 0) is 38.6 Å². The van der Waals surface area contributed by atoms with E-state index in [4.69, 9.17) is 0 Å². The number of rotatable bonds is 5. The molecule has 20 heavy (non-hydrogen) atoms. The highest BCUT2D eigenvalue weighted by Crippen LogP contribution is 2.36. The van der Waals surface area contributed by atoms with Crippen LogP contribution in [0.15, 0.2) is 6.20 Å². The number of hydrogen-bond donors (Lipinski definition) is 1. The molecule has 2 fully saturated rings. The summed E-state index contributed by atoms with van der Waals surface area (Å²) in [5.41, 5.74) is 0. The molecule has 0 amide bonds. The van der Waals surface area contributed by atoms with Gasteiger partial charge in [0.25, 0.3) is 0 Å². The predicted molar refractivity (Wildman–Crippen MR) is 83.1 cm³/mol. The van der Waals surface area contributed by atoms with Gasteiger partial charge in [0.1, 0.15) is 0 Å². The summed E-state index contributed by atoms with van der Waals surface area (Å²) >= 11 is 1.93. The molecule has 1 saturated heterocycles. The molecule has 0 spiro atoms. The zero-order chi connectivity index (χ0) is 13.8. The minimum Gasteiger partial charge on any atom is -0.396 e. The largest absolute Gasteiger partial charge is 0.396 e. The Morgan fingerprint density at radius 3 is 2.80 bits per heavy atom. The number of aliphatic hydroxyl groups excluding tert-OH is 1. The van der Waals surface area contributed by atoms with E-state index in [9.17, 15) is 5.11 Å². The summed E-state index contributed by atoms with van der Waals surface area (Å²) in [6, 6.07) is 0.575. The van der Waals surface area contributed by atoms with E-state index in [0.717, 1.165) is 18.9 Å². The summed E-state index contributed by atoms with van der Waals surface area (Å²) in [4.78, 5) is 8.65. The highest BCUT2D eigenvalue weighted by atomic mass is 32.1. The van der Waals surface area contributed by atoms with Crippen molar-refractivity contribution >= 4 is 11.3 Å². The minimum atomic E-state index is 0.317. The van der Waals surface area contributed by atoms with E-state index in [-0.39, 0.29) is 0 Å². The lowest BCUT2D eigenvalue weighted by Gasteiger charge is -2.35. The van der Waals surface area contributed by atoms with Crippen LogP contribution in [0.2, 0.25) is 0 Å². The maximum atomic E-state index is 9.21. The van der Waals surface area contributed by atoms with Crippen LogP contribution in [-0.4, -0.2) is 34.2 Å². The van der Waals surface area contributed by atoms with E-state index < -0.39 is 0 Å². The molecular formula is C16H26N2OS. The average Bonchev–Trinajstić information content (AvgIpc) is 3.12. The molecule has 0 bridgehead atoms. The van der Waals surface area contributed by atoms with Crippen molar-refractivity contribution in [1.82, 2.24) is 9.88 Å².